The van der Waals surface area contributed by atoms with Gasteiger partial charge in [-0.05, 0) is 37.3 Å². The molecule has 134 valence electrons. The molecule has 0 bridgehead atoms. The van der Waals surface area contributed by atoms with Crippen LogP contribution in [-0.2, 0) is 4.74 Å². The van der Waals surface area contributed by atoms with Crippen molar-refractivity contribution in [2.45, 2.75) is 25.8 Å². The highest BCUT2D eigenvalue weighted by atomic mass is 32.1. The van der Waals surface area contributed by atoms with E-state index in [0.717, 1.165) is 63.5 Å². The first kappa shape index (κ1) is 16.6. The second kappa shape index (κ2) is 7.17. The van der Waals surface area contributed by atoms with Crippen molar-refractivity contribution in [3.05, 3.63) is 35.0 Å². The minimum atomic E-state index is 0.113. The molecule has 2 aliphatic heterocycles. The number of hydrogen-bond donors (Lipinski definition) is 0. The maximum absolute atomic E-state index is 12.9. The van der Waals surface area contributed by atoms with Gasteiger partial charge in [0, 0.05) is 45.1 Å². The van der Waals surface area contributed by atoms with E-state index in [0.29, 0.717) is 6.04 Å². The highest BCUT2D eigenvalue weighted by molar-refractivity contribution is 7.14. The summed E-state index contributed by atoms with van der Waals surface area (Å²) in [6, 6.07) is 4.57. The van der Waals surface area contributed by atoms with Gasteiger partial charge in [0.15, 0.2) is 0 Å². The fourth-order valence-corrected chi connectivity index (χ4v) is 4.47. The molecule has 7 heteroatoms. The van der Waals surface area contributed by atoms with Crippen LogP contribution in [0.3, 0.4) is 0 Å². The number of carbonyl (C=O) groups excluding carboxylic acids is 1. The molecule has 0 atom stereocenters. The van der Waals surface area contributed by atoms with Crippen LogP contribution in [0.2, 0.25) is 0 Å². The molecule has 0 aliphatic carbocycles. The molecule has 1 amide bonds. The highest BCUT2D eigenvalue weighted by Gasteiger charge is 2.27. The van der Waals surface area contributed by atoms with Crippen LogP contribution in [0.1, 0.15) is 34.9 Å². The van der Waals surface area contributed by atoms with E-state index < -0.39 is 0 Å². The van der Waals surface area contributed by atoms with E-state index >= 15 is 0 Å². The summed E-state index contributed by atoms with van der Waals surface area (Å²) < 4.78 is 7.46. The Morgan fingerprint density at radius 2 is 2.00 bits per heavy atom. The number of anilines is 1. The van der Waals surface area contributed by atoms with Gasteiger partial charge in [-0.2, -0.15) is 5.10 Å². The molecule has 0 unspecified atom stereocenters. The summed E-state index contributed by atoms with van der Waals surface area (Å²) in [6.07, 6.45) is 3.68. The van der Waals surface area contributed by atoms with Gasteiger partial charge in [-0.1, -0.05) is 0 Å². The third-order valence-corrected chi connectivity index (χ3v) is 6.13. The fourth-order valence-electron chi connectivity index (χ4n) is 3.68. The molecule has 2 aliphatic rings. The lowest BCUT2D eigenvalue weighted by molar-refractivity contribution is 0.0655. The molecular weight excluding hydrogens is 336 g/mol. The molecule has 2 aromatic rings. The Morgan fingerprint density at radius 1 is 1.24 bits per heavy atom. The molecule has 0 saturated carbocycles. The predicted molar refractivity (Wildman–Crippen MR) is 98.5 cm³/mol. The van der Waals surface area contributed by atoms with Crippen LogP contribution in [0.5, 0.6) is 0 Å². The number of thiophene rings is 1. The van der Waals surface area contributed by atoms with Crippen molar-refractivity contribution in [3.63, 3.8) is 0 Å². The lowest BCUT2D eigenvalue weighted by Crippen LogP contribution is -2.48. The summed E-state index contributed by atoms with van der Waals surface area (Å²) in [7, 11) is 0. The molecule has 2 saturated heterocycles. The smallest absolute Gasteiger partial charge is 0.257 e. The molecule has 0 aromatic carbocycles. The third-order valence-electron chi connectivity index (χ3n) is 5.20. The molecule has 4 heterocycles. The summed E-state index contributed by atoms with van der Waals surface area (Å²) in [5, 5.41) is 7.90. The number of ether oxygens (including phenoxy) is 1. The number of aromatic nitrogens is 2. The van der Waals surface area contributed by atoms with Crippen molar-refractivity contribution in [1.29, 1.82) is 0 Å². The van der Waals surface area contributed by atoms with Gasteiger partial charge in [-0.25, -0.2) is 0 Å². The average Bonchev–Trinajstić information content (AvgIpc) is 3.32. The van der Waals surface area contributed by atoms with Crippen molar-refractivity contribution < 1.29 is 9.53 Å². The minimum Gasteiger partial charge on any atom is -0.381 e. The van der Waals surface area contributed by atoms with Crippen molar-refractivity contribution in [2.24, 2.45) is 0 Å². The van der Waals surface area contributed by atoms with Gasteiger partial charge >= 0.3 is 0 Å². The Kier molecular flexibility index (Phi) is 4.76. The summed E-state index contributed by atoms with van der Waals surface area (Å²) in [4.78, 5) is 17.3. The van der Waals surface area contributed by atoms with Gasteiger partial charge in [-0.15, -0.1) is 11.3 Å². The van der Waals surface area contributed by atoms with Crippen molar-refractivity contribution in [3.8, 4) is 0 Å². The summed E-state index contributed by atoms with van der Waals surface area (Å²) in [6.45, 7) is 6.86. The van der Waals surface area contributed by atoms with Gasteiger partial charge in [0.25, 0.3) is 5.91 Å². The minimum absolute atomic E-state index is 0.113. The van der Waals surface area contributed by atoms with E-state index in [-0.39, 0.29) is 5.91 Å². The van der Waals surface area contributed by atoms with Gasteiger partial charge in [0.1, 0.15) is 0 Å². The lowest BCUT2D eigenvalue weighted by atomic mass is 10.1. The number of amides is 1. The van der Waals surface area contributed by atoms with Gasteiger partial charge in [0.2, 0.25) is 0 Å². The molecule has 0 spiro atoms. The van der Waals surface area contributed by atoms with Crippen molar-refractivity contribution in [1.82, 2.24) is 14.7 Å². The van der Waals surface area contributed by atoms with Crippen LogP contribution in [0.4, 0.5) is 5.00 Å². The molecule has 2 aromatic heterocycles. The maximum atomic E-state index is 12.9. The second-order valence-electron chi connectivity index (χ2n) is 6.66. The van der Waals surface area contributed by atoms with E-state index in [1.165, 1.54) is 5.00 Å². The van der Waals surface area contributed by atoms with E-state index in [9.17, 15) is 4.79 Å². The van der Waals surface area contributed by atoms with Crippen molar-refractivity contribution >= 4 is 22.2 Å². The van der Waals surface area contributed by atoms with E-state index in [2.05, 4.69) is 27.5 Å². The summed E-state index contributed by atoms with van der Waals surface area (Å²) in [5.41, 5.74) is 1.73. The normalized spacial score (nSPS) is 19.4. The number of carbonyl (C=O) groups is 1. The first-order valence-corrected chi connectivity index (χ1v) is 9.81. The molecule has 2 fully saturated rings. The SMILES string of the molecule is Cc1c(C(=O)N2CCN(c3cccs3)CC2)cnn1C1CCOCC1. The van der Waals surface area contributed by atoms with Crippen LogP contribution in [-0.4, -0.2) is 60.0 Å². The van der Waals surface area contributed by atoms with Gasteiger partial charge < -0.3 is 14.5 Å². The van der Waals surface area contributed by atoms with E-state index in [1.807, 2.05) is 16.5 Å². The summed E-state index contributed by atoms with van der Waals surface area (Å²) in [5.74, 6) is 0.113. The van der Waals surface area contributed by atoms with Crippen LogP contribution >= 0.6 is 11.3 Å². The average molecular weight is 360 g/mol. The zero-order valence-corrected chi connectivity index (χ0v) is 15.4. The number of rotatable bonds is 3. The topological polar surface area (TPSA) is 50.6 Å². The zero-order chi connectivity index (χ0) is 17.2. The highest BCUT2D eigenvalue weighted by Crippen LogP contribution is 2.25. The lowest BCUT2D eigenvalue weighted by Gasteiger charge is -2.35. The Balaban J connectivity index is 1.42. The Hall–Kier alpha value is -1.86. The molecular formula is C18H24N4O2S. The van der Waals surface area contributed by atoms with Crippen molar-refractivity contribution in [2.75, 3.05) is 44.3 Å². The Labute approximate surface area is 152 Å². The van der Waals surface area contributed by atoms with E-state index in [1.54, 1.807) is 17.5 Å². The number of piperazine rings is 1. The standard InChI is InChI=1S/C18H24N4O2S/c1-14-16(13-19-22(14)15-4-10-24-11-5-15)18(23)21-8-6-20(7-9-21)17-3-2-12-25-17/h2-3,12-13,15H,4-11H2,1H3. The number of hydrogen-bond acceptors (Lipinski definition) is 5. The van der Waals surface area contributed by atoms with E-state index in [4.69, 9.17) is 4.74 Å². The monoisotopic (exact) mass is 360 g/mol. The Morgan fingerprint density at radius 3 is 2.68 bits per heavy atom. The third kappa shape index (κ3) is 3.30. The number of nitrogens with zero attached hydrogens (tertiary/aromatic N) is 4. The second-order valence-corrected chi connectivity index (χ2v) is 7.59. The maximum Gasteiger partial charge on any atom is 0.257 e. The first-order chi connectivity index (χ1) is 12.2. The quantitative estimate of drug-likeness (QED) is 0.844. The predicted octanol–water partition coefficient (Wildman–Crippen LogP) is 2.57. The Bertz CT molecular complexity index is 714. The molecule has 6 nitrogen and oxygen atoms in total. The van der Waals surface area contributed by atoms with Crippen LogP contribution in [0, 0.1) is 6.92 Å². The molecule has 4 rings (SSSR count). The zero-order valence-electron chi connectivity index (χ0n) is 14.6. The van der Waals surface area contributed by atoms with Gasteiger partial charge in [-0.3, -0.25) is 9.48 Å². The van der Waals surface area contributed by atoms with Crippen LogP contribution in [0.25, 0.3) is 0 Å². The molecule has 25 heavy (non-hydrogen) atoms. The first-order valence-electron chi connectivity index (χ1n) is 8.93. The van der Waals surface area contributed by atoms with Gasteiger partial charge in [0.05, 0.1) is 22.8 Å². The summed E-state index contributed by atoms with van der Waals surface area (Å²) >= 11 is 1.76. The molecule has 0 radical (unpaired) electrons. The largest absolute Gasteiger partial charge is 0.381 e. The fraction of sp³-hybridized carbons (Fsp3) is 0.556. The van der Waals surface area contributed by atoms with Crippen LogP contribution in [0.15, 0.2) is 23.7 Å². The van der Waals surface area contributed by atoms with Crippen LogP contribution < -0.4 is 4.90 Å². The molecule has 0 N–H and O–H groups in total.